The summed E-state index contributed by atoms with van der Waals surface area (Å²) in [6, 6.07) is 51.1. The predicted octanol–water partition coefficient (Wildman–Crippen LogP) is 12.9. The number of benzene rings is 6. The topological polar surface area (TPSA) is 15.6 Å². The smallest absolute Gasteiger partial charge is 0.104 e. The molecule has 2 nitrogen and oxygen atoms in total. The summed E-state index contributed by atoms with van der Waals surface area (Å²) in [5, 5.41) is 4.00. The number of nitrogens with zero attached hydrogens (tertiary/aromatic N) is 2. The Kier molecular flexibility index (Phi) is 6.81. The fourth-order valence-corrected chi connectivity index (χ4v) is 10.5. The lowest BCUT2D eigenvalue weighted by molar-refractivity contribution is 0.660. The number of thiophene rings is 1. The van der Waals surface area contributed by atoms with E-state index in [1.807, 2.05) is 23.1 Å². The van der Waals surface area contributed by atoms with Crippen molar-refractivity contribution in [3.05, 3.63) is 180 Å². The van der Waals surface area contributed by atoms with Crippen molar-refractivity contribution in [1.82, 2.24) is 0 Å². The number of hydrogen-bond donors (Lipinski definition) is 0. The Hall–Kier alpha value is -5.16. The maximum Gasteiger partial charge on any atom is 0.104 e. The number of fused-ring (bicyclic) bond motifs is 7. The third kappa shape index (κ3) is 4.66. The number of aliphatic imine (C=N–C) groups is 1. The summed E-state index contributed by atoms with van der Waals surface area (Å²) in [6.45, 7) is 4.74. The van der Waals surface area contributed by atoms with Crippen molar-refractivity contribution in [3.8, 4) is 22.3 Å². The molecule has 6 aromatic carbocycles. The number of hydrogen-bond acceptors (Lipinski definition) is 4. The highest BCUT2D eigenvalue weighted by atomic mass is 32.2. The Morgan fingerprint density at radius 1 is 0.640 bits per heavy atom. The van der Waals surface area contributed by atoms with Crippen molar-refractivity contribution in [3.63, 3.8) is 0 Å². The second-order valence-electron chi connectivity index (χ2n) is 13.9. The van der Waals surface area contributed by atoms with Crippen molar-refractivity contribution in [2.45, 2.75) is 30.9 Å². The van der Waals surface area contributed by atoms with Gasteiger partial charge in [0.1, 0.15) is 5.04 Å². The van der Waals surface area contributed by atoms with Gasteiger partial charge in [0.2, 0.25) is 0 Å². The molecule has 4 heteroatoms. The summed E-state index contributed by atoms with van der Waals surface area (Å²) in [5.41, 5.74) is 13.9. The van der Waals surface area contributed by atoms with Gasteiger partial charge in [-0.15, -0.1) is 11.3 Å². The average molecular weight is 679 g/mol. The molecule has 0 bridgehead atoms. The molecule has 7 aromatic rings. The van der Waals surface area contributed by atoms with E-state index in [1.54, 1.807) is 0 Å². The van der Waals surface area contributed by atoms with Crippen LogP contribution in [0.5, 0.6) is 0 Å². The van der Waals surface area contributed by atoms with Crippen LogP contribution >= 0.6 is 23.1 Å². The molecule has 1 aliphatic heterocycles. The molecular weight excluding hydrogens is 645 g/mol. The van der Waals surface area contributed by atoms with Gasteiger partial charge in [-0.3, -0.25) is 0 Å². The maximum absolute atomic E-state index is 5.17. The van der Waals surface area contributed by atoms with Crippen LogP contribution in [0.2, 0.25) is 0 Å². The molecule has 2 aliphatic carbocycles. The van der Waals surface area contributed by atoms with Crippen molar-refractivity contribution in [2.24, 2.45) is 4.99 Å². The Morgan fingerprint density at radius 3 is 2.24 bits per heavy atom. The first kappa shape index (κ1) is 29.7. The zero-order valence-corrected chi connectivity index (χ0v) is 29.6. The number of thioether (sulfide) groups is 1. The minimum atomic E-state index is -0.0780. The lowest BCUT2D eigenvalue weighted by atomic mass is 9.82. The molecule has 50 heavy (non-hydrogen) atoms. The summed E-state index contributed by atoms with van der Waals surface area (Å²) in [7, 11) is 0. The molecule has 0 fully saturated rings. The Balaban J connectivity index is 1.06. The average Bonchev–Trinajstić information content (AvgIpc) is 3.83. The first-order chi connectivity index (χ1) is 24.5. The maximum atomic E-state index is 5.17. The molecule has 0 amide bonds. The van der Waals surface area contributed by atoms with Gasteiger partial charge in [-0.05, 0) is 69.8 Å². The van der Waals surface area contributed by atoms with Crippen LogP contribution in [0.1, 0.15) is 37.0 Å². The largest absolute Gasteiger partial charge is 0.313 e. The van der Waals surface area contributed by atoms with E-state index in [1.165, 1.54) is 76.2 Å². The van der Waals surface area contributed by atoms with Gasteiger partial charge in [-0.2, -0.15) is 0 Å². The van der Waals surface area contributed by atoms with Gasteiger partial charge in [0.05, 0.1) is 21.3 Å². The van der Waals surface area contributed by atoms with Crippen molar-refractivity contribution >= 4 is 59.7 Å². The minimum Gasteiger partial charge on any atom is -0.313 e. The van der Waals surface area contributed by atoms with Gasteiger partial charge in [-0.25, -0.2) is 4.99 Å². The highest BCUT2D eigenvalue weighted by Crippen LogP contribution is 2.52. The van der Waals surface area contributed by atoms with Crippen molar-refractivity contribution in [2.75, 3.05) is 4.90 Å². The van der Waals surface area contributed by atoms with E-state index in [2.05, 4.69) is 170 Å². The van der Waals surface area contributed by atoms with Crippen LogP contribution in [-0.2, 0) is 5.41 Å². The zero-order chi connectivity index (χ0) is 33.4. The number of anilines is 2. The van der Waals surface area contributed by atoms with E-state index in [0.717, 1.165) is 17.2 Å². The summed E-state index contributed by atoms with van der Waals surface area (Å²) >= 11 is 3.79. The molecule has 0 spiro atoms. The Bertz CT molecular complexity index is 2570. The van der Waals surface area contributed by atoms with E-state index < -0.39 is 0 Å². The molecule has 0 saturated heterocycles. The summed E-state index contributed by atoms with van der Waals surface area (Å²) < 4.78 is 2.64. The van der Waals surface area contributed by atoms with Gasteiger partial charge in [-0.1, -0.05) is 141 Å². The molecule has 10 rings (SSSR count). The lowest BCUT2D eigenvalue weighted by Crippen LogP contribution is -2.23. The summed E-state index contributed by atoms with van der Waals surface area (Å²) in [4.78, 5) is 7.71. The summed E-state index contributed by atoms with van der Waals surface area (Å²) in [5.74, 6) is 0. The zero-order valence-electron chi connectivity index (χ0n) is 27.9. The standard InChI is InChI=1S/C46H34N2S2/c1-46(2)38-16-8-6-13-34(38)35-25-23-32(27-39(35)46)48(41-17-10-15-37-36-14-7-9-18-42(36)49-44(37)41)33-24-26-40-43(28-33)50-45(47-40)31-21-19-30(20-22-31)29-11-4-3-5-12-29/h3-27,43H,28H2,1-2H3. The van der Waals surface area contributed by atoms with Gasteiger partial charge in [0.25, 0.3) is 0 Å². The van der Waals surface area contributed by atoms with Crippen LogP contribution in [0.3, 0.4) is 0 Å². The molecule has 0 saturated carbocycles. The highest BCUT2D eigenvalue weighted by molar-refractivity contribution is 8.15. The monoisotopic (exact) mass is 678 g/mol. The molecule has 2 heterocycles. The Labute approximate surface area is 301 Å². The van der Waals surface area contributed by atoms with E-state index in [-0.39, 0.29) is 10.7 Å². The van der Waals surface area contributed by atoms with E-state index in [4.69, 9.17) is 4.99 Å². The number of rotatable bonds is 5. The lowest BCUT2D eigenvalue weighted by Gasteiger charge is -2.32. The fraction of sp³-hybridized carbons (Fsp3) is 0.109. The van der Waals surface area contributed by atoms with E-state index in [0.29, 0.717) is 0 Å². The molecule has 0 radical (unpaired) electrons. The van der Waals surface area contributed by atoms with E-state index >= 15 is 0 Å². The molecule has 1 aromatic heterocycles. The third-order valence-corrected chi connectivity index (χ3v) is 13.1. The highest BCUT2D eigenvalue weighted by Gasteiger charge is 2.37. The van der Waals surface area contributed by atoms with Crippen LogP contribution in [-0.4, -0.2) is 10.3 Å². The minimum absolute atomic E-state index is 0.0780. The number of allylic oxidation sites excluding steroid dienone is 3. The van der Waals surface area contributed by atoms with Gasteiger partial charge < -0.3 is 4.90 Å². The molecule has 1 unspecified atom stereocenters. The quantitative estimate of drug-likeness (QED) is 0.180. The van der Waals surface area contributed by atoms with Crippen LogP contribution in [0.4, 0.5) is 11.4 Å². The van der Waals surface area contributed by atoms with Crippen LogP contribution in [0.25, 0.3) is 42.4 Å². The summed E-state index contributed by atoms with van der Waals surface area (Å²) in [6.07, 6.45) is 5.47. The second-order valence-corrected chi connectivity index (χ2v) is 16.2. The SMILES string of the molecule is CC1(C)c2ccccc2-c2ccc(N(C3=CC=C4N=C(c5ccc(-c6ccccc6)cc5)SC4C3)c3cccc4c3sc3ccccc34)cc21. The predicted molar refractivity (Wildman–Crippen MR) is 216 cm³/mol. The fourth-order valence-electron chi connectivity index (χ4n) is 8.07. The van der Waals surface area contributed by atoms with Crippen molar-refractivity contribution in [1.29, 1.82) is 0 Å². The van der Waals surface area contributed by atoms with Crippen molar-refractivity contribution < 1.29 is 0 Å². The van der Waals surface area contributed by atoms with E-state index in [9.17, 15) is 0 Å². The van der Waals surface area contributed by atoms with Crippen LogP contribution in [0, 0.1) is 0 Å². The second kappa shape index (κ2) is 11.4. The molecule has 3 aliphatic rings. The third-order valence-electron chi connectivity index (χ3n) is 10.6. The van der Waals surface area contributed by atoms with Gasteiger partial charge in [0, 0.05) is 44.3 Å². The normalized spacial score (nSPS) is 17.2. The first-order valence-corrected chi connectivity index (χ1v) is 19.0. The molecule has 0 N–H and O–H groups in total. The van der Waals surface area contributed by atoms with Gasteiger partial charge >= 0.3 is 0 Å². The molecular formula is C46H34N2S2. The first-order valence-electron chi connectivity index (χ1n) is 17.3. The van der Waals surface area contributed by atoms with Crippen LogP contribution in [0.15, 0.2) is 168 Å². The van der Waals surface area contributed by atoms with Gasteiger partial charge in [0.15, 0.2) is 0 Å². The Morgan fingerprint density at radius 2 is 1.36 bits per heavy atom. The molecule has 1 atom stereocenters. The molecule has 240 valence electrons. The van der Waals surface area contributed by atoms with Crippen LogP contribution < -0.4 is 4.90 Å².